The van der Waals surface area contributed by atoms with Crippen LogP contribution in [0.3, 0.4) is 0 Å². The van der Waals surface area contributed by atoms with Gasteiger partial charge in [0.2, 0.25) is 0 Å². The molecule has 18 heavy (non-hydrogen) atoms. The van der Waals surface area contributed by atoms with E-state index in [2.05, 4.69) is 4.90 Å². The Hall–Kier alpha value is -0.680. The standard InChI is InChI=1S/C13H18ClFN2O/c1-18-3-2-17-7-12(13(16)8-17)9-4-10(14)6-11(15)5-9/h4-6,12-13H,2-3,7-8,16H2,1H3/t12-,13+/m0/s1. The van der Waals surface area contributed by atoms with Crippen molar-refractivity contribution >= 4 is 11.6 Å². The van der Waals surface area contributed by atoms with E-state index in [1.165, 1.54) is 12.1 Å². The topological polar surface area (TPSA) is 38.5 Å². The molecule has 1 aliphatic heterocycles. The number of benzene rings is 1. The molecular formula is C13H18ClFN2O. The van der Waals surface area contributed by atoms with Gasteiger partial charge in [0.1, 0.15) is 5.82 Å². The summed E-state index contributed by atoms with van der Waals surface area (Å²) in [6.07, 6.45) is 0. The van der Waals surface area contributed by atoms with Crippen LogP contribution in [0.25, 0.3) is 0 Å². The zero-order chi connectivity index (χ0) is 13.1. The Balaban J connectivity index is 2.08. The molecule has 1 aliphatic rings. The van der Waals surface area contributed by atoms with Crippen molar-refractivity contribution in [2.24, 2.45) is 5.73 Å². The molecule has 0 aromatic heterocycles. The zero-order valence-corrected chi connectivity index (χ0v) is 11.2. The number of hydrogen-bond acceptors (Lipinski definition) is 3. The minimum Gasteiger partial charge on any atom is -0.383 e. The van der Waals surface area contributed by atoms with E-state index >= 15 is 0 Å². The number of likely N-dealkylation sites (tertiary alicyclic amines) is 1. The minimum absolute atomic E-state index is 0.0136. The molecule has 5 heteroatoms. The average Bonchev–Trinajstić information content (AvgIpc) is 2.66. The van der Waals surface area contributed by atoms with Gasteiger partial charge in [-0.05, 0) is 23.8 Å². The van der Waals surface area contributed by atoms with E-state index < -0.39 is 0 Å². The van der Waals surface area contributed by atoms with Gasteiger partial charge in [0, 0.05) is 43.7 Å². The SMILES string of the molecule is COCCN1C[C@@H](N)[C@H](c2cc(F)cc(Cl)c2)C1. The Morgan fingerprint density at radius 2 is 2.22 bits per heavy atom. The van der Waals surface area contributed by atoms with Crippen LogP contribution in [0.15, 0.2) is 18.2 Å². The molecule has 0 radical (unpaired) electrons. The van der Waals surface area contributed by atoms with Gasteiger partial charge in [-0.15, -0.1) is 0 Å². The number of rotatable bonds is 4. The van der Waals surface area contributed by atoms with E-state index in [9.17, 15) is 4.39 Å². The third-order valence-electron chi connectivity index (χ3n) is 3.37. The van der Waals surface area contributed by atoms with Gasteiger partial charge in [-0.3, -0.25) is 4.90 Å². The van der Waals surface area contributed by atoms with Crippen LogP contribution in [0.1, 0.15) is 11.5 Å². The quantitative estimate of drug-likeness (QED) is 0.909. The third kappa shape index (κ3) is 3.20. The number of ether oxygens (including phenoxy) is 1. The summed E-state index contributed by atoms with van der Waals surface area (Å²) in [4.78, 5) is 2.23. The lowest BCUT2D eigenvalue weighted by molar-refractivity contribution is 0.160. The summed E-state index contributed by atoms with van der Waals surface area (Å²) in [5, 5.41) is 0.424. The fraction of sp³-hybridized carbons (Fsp3) is 0.538. The molecule has 3 nitrogen and oxygen atoms in total. The predicted octanol–water partition coefficient (Wildman–Crippen LogP) is 1.85. The summed E-state index contributed by atoms with van der Waals surface area (Å²) < 4.78 is 18.4. The van der Waals surface area contributed by atoms with Gasteiger partial charge in [0.05, 0.1) is 6.61 Å². The second-order valence-corrected chi connectivity index (χ2v) is 5.16. The molecule has 2 atom stereocenters. The molecule has 2 rings (SSSR count). The van der Waals surface area contributed by atoms with Crippen molar-refractivity contribution in [3.63, 3.8) is 0 Å². The first-order valence-electron chi connectivity index (χ1n) is 6.03. The Bertz CT molecular complexity index is 396. The van der Waals surface area contributed by atoms with Gasteiger partial charge >= 0.3 is 0 Å². The van der Waals surface area contributed by atoms with Crippen molar-refractivity contribution in [2.75, 3.05) is 33.4 Å². The molecule has 1 fully saturated rings. The Kier molecular flexibility index (Phi) is 4.56. The first kappa shape index (κ1) is 13.7. The fourth-order valence-corrected chi connectivity index (χ4v) is 2.69. The summed E-state index contributed by atoms with van der Waals surface area (Å²) in [6.45, 7) is 3.17. The van der Waals surface area contributed by atoms with E-state index in [0.717, 1.165) is 25.2 Å². The molecule has 2 N–H and O–H groups in total. The van der Waals surface area contributed by atoms with E-state index in [-0.39, 0.29) is 17.8 Å². The largest absolute Gasteiger partial charge is 0.383 e. The highest BCUT2D eigenvalue weighted by Gasteiger charge is 2.31. The summed E-state index contributed by atoms with van der Waals surface area (Å²) >= 11 is 5.88. The van der Waals surface area contributed by atoms with Crippen molar-refractivity contribution in [2.45, 2.75) is 12.0 Å². The smallest absolute Gasteiger partial charge is 0.124 e. The highest BCUT2D eigenvalue weighted by atomic mass is 35.5. The van der Waals surface area contributed by atoms with Gasteiger partial charge in [0.15, 0.2) is 0 Å². The lowest BCUT2D eigenvalue weighted by Crippen LogP contribution is -2.30. The van der Waals surface area contributed by atoms with Gasteiger partial charge < -0.3 is 10.5 Å². The second-order valence-electron chi connectivity index (χ2n) is 4.73. The summed E-state index contributed by atoms with van der Waals surface area (Å²) in [5.74, 6) is -0.171. The minimum atomic E-state index is -0.306. The van der Waals surface area contributed by atoms with Gasteiger partial charge in [-0.25, -0.2) is 4.39 Å². The number of nitrogens with zero attached hydrogens (tertiary/aromatic N) is 1. The van der Waals surface area contributed by atoms with Crippen molar-refractivity contribution in [3.05, 3.63) is 34.6 Å². The maximum atomic E-state index is 13.3. The molecule has 0 aliphatic carbocycles. The van der Waals surface area contributed by atoms with Crippen LogP contribution in [0.2, 0.25) is 5.02 Å². The monoisotopic (exact) mass is 272 g/mol. The van der Waals surface area contributed by atoms with Crippen LogP contribution in [0.4, 0.5) is 4.39 Å². The summed E-state index contributed by atoms with van der Waals surface area (Å²) in [6, 6.07) is 4.65. The van der Waals surface area contributed by atoms with Crippen LogP contribution in [-0.2, 0) is 4.74 Å². The van der Waals surface area contributed by atoms with Crippen molar-refractivity contribution in [1.29, 1.82) is 0 Å². The number of halogens is 2. The molecule has 0 spiro atoms. The van der Waals surface area contributed by atoms with Crippen LogP contribution >= 0.6 is 11.6 Å². The third-order valence-corrected chi connectivity index (χ3v) is 3.58. The van der Waals surface area contributed by atoms with E-state index in [0.29, 0.717) is 11.6 Å². The van der Waals surface area contributed by atoms with E-state index in [1.54, 1.807) is 13.2 Å². The first-order chi connectivity index (χ1) is 8.60. The Morgan fingerprint density at radius 3 is 2.89 bits per heavy atom. The molecule has 0 bridgehead atoms. The van der Waals surface area contributed by atoms with Crippen LogP contribution in [0.5, 0.6) is 0 Å². The number of methoxy groups -OCH3 is 1. The highest BCUT2D eigenvalue weighted by Crippen LogP contribution is 2.28. The maximum absolute atomic E-state index is 13.3. The van der Waals surface area contributed by atoms with Crippen molar-refractivity contribution in [3.8, 4) is 0 Å². The first-order valence-corrected chi connectivity index (χ1v) is 6.41. The molecule has 1 heterocycles. The molecule has 1 aromatic carbocycles. The maximum Gasteiger partial charge on any atom is 0.124 e. The molecule has 1 aromatic rings. The molecule has 0 unspecified atom stereocenters. The zero-order valence-electron chi connectivity index (χ0n) is 10.4. The molecule has 100 valence electrons. The fourth-order valence-electron chi connectivity index (χ4n) is 2.46. The van der Waals surface area contributed by atoms with E-state index in [4.69, 9.17) is 22.1 Å². The lowest BCUT2D eigenvalue weighted by atomic mass is 9.95. The predicted molar refractivity (Wildman–Crippen MR) is 70.4 cm³/mol. The van der Waals surface area contributed by atoms with Gasteiger partial charge in [-0.1, -0.05) is 11.6 Å². The van der Waals surface area contributed by atoms with E-state index in [1.807, 2.05) is 0 Å². The summed E-state index contributed by atoms with van der Waals surface area (Å²) in [7, 11) is 1.68. The Labute approximate surface area is 112 Å². The van der Waals surface area contributed by atoms with Crippen molar-refractivity contribution < 1.29 is 9.13 Å². The normalized spacial score (nSPS) is 24.7. The molecule has 0 saturated carbocycles. The molecule has 1 saturated heterocycles. The van der Waals surface area contributed by atoms with Gasteiger partial charge in [0.25, 0.3) is 0 Å². The average molecular weight is 273 g/mol. The van der Waals surface area contributed by atoms with Crippen LogP contribution in [0, 0.1) is 5.82 Å². The van der Waals surface area contributed by atoms with Crippen LogP contribution < -0.4 is 5.73 Å². The van der Waals surface area contributed by atoms with Gasteiger partial charge in [-0.2, -0.15) is 0 Å². The molecule has 0 amide bonds. The highest BCUT2D eigenvalue weighted by molar-refractivity contribution is 6.30. The Morgan fingerprint density at radius 1 is 1.44 bits per heavy atom. The lowest BCUT2D eigenvalue weighted by Gasteiger charge is -2.16. The number of hydrogen-bond donors (Lipinski definition) is 1. The van der Waals surface area contributed by atoms with Crippen molar-refractivity contribution in [1.82, 2.24) is 4.90 Å². The van der Waals surface area contributed by atoms with Crippen LogP contribution in [-0.4, -0.2) is 44.3 Å². The number of nitrogens with two attached hydrogens (primary N) is 1. The summed E-state index contributed by atoms with van der Waals surface area (Å²) in [5.41, 5.74) is 7.01. The molecular weight excluding hydrogens is 255 g/mol. The second kappa shape index (κ2) is 5.97.